The van der Waals surface area contributed by atoms with Crippen LogP contribution in [0.25, 0.3) is 6.08 Å². The number of amides is 2. The molecule has 1 atom stereocenters. The van der Waals surface area contributed by atoms with Crippen molar-refractivity contribution in [3.63, 3.8) is 0 Å². The molecule has 11 heteroatoms. The fourth-order valence-corrected chi connectivity index (χ4v) is 6.33. The highest BCUT2D eigenvalue weighted by Crippen LogP contribution is 2.29. The second-order valence-electron chi connectivity index (χ2n) is 9.90. The lowest BCUT2D eigenvalue weighted by Crippen LogP contribution is -2.40. The second kappa shape index (κ2) is 10.5. The minimum Gasteiger partial charge on any atom is -0.444 e. The lowest BCUT2D eigenvalue weighted by atomic mass is 10.0. The van der Waals surface area contributed by atoms with Crippen molar-refractivity contribution in [3.8, 4) is 0 Å². The van der Waals surface area contributed by atoms with Crippen LogP contribution in [0, 0.1) is 0 Å². The molecular formula is C25H30ClN3O5S2. The first-order chi connectivity index (χ1) is 16.9. The molecule has 0 saturated carbocycles. The van der Waals surface area contributed by atoms with Gasteiger partial charge in [0.1, 0.15) is 11.6 Å². The van der Waals surface area contributed by atoms with E-state index in [1.54, 1.807) is 21.9 Å². The van der Waals surface area contributed by atoms with E-state index in [0.717, 1.165) is 29.4 Å². The molecule has 1 fully saturated rings. The molecule has 0 spiro atoms. The van der Waals surface area contributed by atoms with Gasteiger partial charge in [-0.15, -0.1) is 11.3 Å². The maximum absolute atomic E-state index is 13.1. The summed E-state index contributed by atoms with van der Waals surface area (Å²) in [5.41, 5.74) is 2.21. The summed E-state index contributed by atoms with van der Waals surface area (Å²) in [7, 11) is -3.82. The molecule has 3 heterocycles. The van der Waals surface area contributed by atoms with Gasteiger partial charge in [-0.25, -0.2) is 13.2 Å². The highest BCUT2D eigenvalue weighted by atomic mass is 35.5. The number of nitrogens with one attached hydrogen (secondary N) is 1. The van der Waals surface area contributed by atoms with E-state index < -0.39 is 21.7 Å². The van der Waals surface area contributed by atoms with Crippen LogP contribution < -0.4 is 9.62 Å². The Kier molecular flexibility index (Phi) is 7.80. The first kappa shape index (κ1) is 26.7. The summed E-state index contributed by atoms with van der Waals surface area (Å²) >= 11 is 7.15. The molecule has 194 valence electrons. The molecule has 0 radical (unpaired) electrons. The monoisotopic (exact) mass is 551 g/mol. The van der Waals surface area contributed by atoms with Gasteiger partial charge >= 0.3 is 6.09 Å². The number of sulfonamides is 1. The summed E-state index contributed by atoms with van der Waals surface area (Å²) in [5, 5.41) is 1.05. The van der Waals surface area contributed by atoms with Gasteiger partial charge in [0.25, 0.3) is 0 Å². The van der Waals surface area contributed by atoms with Crippen molar-refractivity contribution in [2.45, 2.75) is 58.2 Å². The van der Waals surface area contributed by atoms with Crippen molar-refractivity contribution in [1.82, 2.24) is 9.62 Å². The lowest BCUT2D eigenvalue weighted by molar-refractivity contribution is -0.118. The summed E-state index contributed by atoms with van der Waals surface area (Å²) in [6, 6.07) is 8.37. The number of hydrogen-bond acceptors (Lipinski definition) is 6. The minimum atomic E-state index is -3.82. The van der Waals surface area contributed by atoms with Gasteiger partial charge in [-0.05, 0) is 81.5 Å². The number of ether oxygens (including phenoxy) is 1. The fourth-order valence-electron chi connectivity index (χ4n) is 4.26. The Hall–Kier alpha value is -2.40. The smallest absolute Gasteiger partial charge is 0.410 e. The van der Waals surface area contributed by atoms with Crippen molar-refractivity contribution in [3.05, 3.63) is 56.1 Å². The van der Waals surface area contributed by atoms with E-state index in [2.05, 4.69) is 4.72 Å². The van der Waals surface area contributed by atoms with Crippen LogP contribution in [0.5, 0.6) is 0 Å². The summed E-state index contributed by atoms with van der Waals surface area (Å²) in [5.74, 6) is -0.302. The largest absolute Gasteiger partial charge is 0.444 e. The summed E-state index contributed by atoms with van der Waals surface area (Å²) in [4.78, 5) is 29.7. The Balaban J connectivity index is 1.45. The molecule has 36 heavy (non-hydrogen) atoms. The number of carbonyl (C=O) groups is 2. The third-order valence-corrected chi connectivity index (χ3v) is 8.21. The summed E-state index contributed by atoms with van der Waals surface area (Å²) in [6.45, 7) is 6.90. The summed E-state index contributed by atoms with van der Waals surface area (Å²) in [6.07, 6.45) is 3.11. The SMILES string of the molecule is CC(C)(C)OC(=O)N1CCCc2ccc(N3CC[C@H](NS(=O)(=O)C=Cc4ccc(Cl)s4)C3=O)cc2C1. The predicted octanol–water partition coefficient (Wildman–Crippen LogP) is 4.78. The third-order valence-electron chi connectivity index (χ3n) is 5.91. The number of anilines is 1. The number of benzene rings is 1. The zero-order valence-electron chi connectivity index (χ0n) is 20.5. The minimum absolute atomic E-state index is 0.302. The van der Waals surface area contributed by atoms with Crippen molar-refractivity contribution in [2.24, 2.45) is 0 Å². The summed E-state index contributed by atoms with van der Waals surface area (Å²) < 4.78 is 33.7. The molecule has 2 aliphatic heterocycles. The number of hydrogen-bond donors (Lipinski definition) is 1. The van der Waals surface area contributed by atoms with Crippen LogP contribution in [0.1, 0.15) is 49.6 Å². The molecular weight excluding hydrogens is 522 g/mol. The normalized spacial score (nSPS) is 19.0. The second-order valence-corrected chi connectivity index (χ2v) is 13.2. The van der Waals surface area contributed by atoms with Crippen molar-refractivity contribution in [1.29, 1.82) is 0 Å². The van der Waals surface area contributed by atoms with E-state index in [9.17, 15) is 18.0 Å². The number of thiophene rings is 1. The molecule has 0 unspecified atom stereocenters. The number of carbonyl (C=O) groups excluding carboxylic acids is 2. The third kappa shape index (κ3) is 6.67. The van der Waals surface area contributed by atoms with Crippen LogP contribution >= 0.6 is 22.9 Å². The van der Waals surface area contributed by atoms with E-state index in [1.807, 2.05) is 39.0 Å². The molecule has 4 rings (SSSR count). The molecule has 2 aromatic rings. The number of rotatable bonds is 5. The van der Waals surface area contributed by atoms with Crippen LogP contribution in [-0.2, 0) is 32.5 Å². The Labute approximate surface area is 220 Å². The van der Waals surface area contributed by atoms with Crippen LogP contribution in [-0.4, -0.2) is 50.1 Å². The molecule has 2 aliphatic rings. The molecule has 1 aromatic carbocycles. The first-order valence-electron chi connectivity index (χ1n) is 11.8. The van der Waals surface area contributed by atoms with Crippen LogP contribution in [0.15, 0.2) is 35.7 Å². The maximum atomic E-state index is 13.1. The van der Waals surface area contributed by atoms with Gasteiger partial charge < -0.3 is 14.5 Å². The maximum Gasteiger partial charge on any atom is 0.410 e. The zero-order chi connectivity index (χ0) is 26.1. The van der Waals surface area contributed by atoms with E-state index in [0.29, 0.717) is 41.0 Å². The molecule has 0 bridgehead atoms. The standard InChI is InChI=1S/C25H30ClN3O5S2/c1-25(2,3)34-24(31)28-12-4-5-17-6-7-19(15-18(17)16-28)29-13-10-21(23(29)30)27-36(32,33)14-11-20-8-9-22(26)35-20/h6-9,11,14-15,21,27H,4-5,10,12-13,16H2,1-3H3/t21-/m0/s1. The van der Waals surface area contributed by atoms with Gasteiger partial charge in [-0.1, -0.05) is 17.7 Å². The predicted molar refractivity (Wildman–Crippen MR) is 143 cm³/mol. The Morgan fingerprint density at radius 3 is 2.67 bits per heavy atom. The number of fused-ring (bicyclic) bond motifs is 1. The van der Waals surface area contributed by atoms with E-state index in [4.69, 9.17) is 16.3 Å². The number of aryl methyl sites for hydroxylation is 1. The van der Waals surface area contributed by atoms with E-state index >= 15 is 0 Å². The molecule has 8 nitrogen and oxygen atoms in total. The van der Waals surface area contributed by atoms with E-state index in [1.165, 1.54) is 17.4 Å². The van der Waals surface area contributed by atoms with Crippen LogP contribution in [0.2, 0.25) is 4.34 Å². The Morgan fingerprint density at radius 2 is 1.97 bits per heavy atom. The zero-order valence-corrected chi connectivity index (χ0v) is 22.9. The van der Waals surface area contributed by atoms with Gasteiger partial charge in [0.05, 0.1) is 4.34 Å². The van der Waals surface area contributed by atoms with Gasteiger partial charge in [-0.2, -0.15) is 4.72 Å². The highest BCUT2D eigenvalue weighted by molar-refractivity contribution is 7.92. The molecule has 1 aromatic heterocycles. The average Bonchev–Trinajstić information content (AvgIpc) is 3.28. The van der Waals surface area contributed by atoms with Gasteiger partial charge in [-0.3, -0.25) is 4.79 Å². The fraction of sp³-hybridized carbons (Fsp3) is 0.440. The van der Waals surface area contributed by atoms with Crippen molar-refractivity contribution >= 4 is 56.7 Å². The van der Waals surface area contributed by atoms with Crippen molar-refractivity contribution in [2.75, 3.05) is 18.0 Å². The molecule has 1 N–H and O–H groups in total. The van der Waals surface area contributed by atoms with Gasteiger partial charge in [0.2, 0.25) is 15.9 Å². The van der Waals surface area contributed by atoms with Crippen molar-refractivity contribution < 1.29 is 22.7 Å². The molecule has 2 amide bonds. The highest BCUT2D eigenvalue weighted by Gasteiger charge is 2.35. The topological polar surface area (TPSA) is 96.0 Å². The molecule has 0 aliphatic carbocycles. The number of nitrogens with zero attached hydrogens (tertiary/aromatic N) is 2. The van der Waals surface area contributed by atoms with Crippen LogP contribution in [0.3, 0.4) is 0 Å². The Bertz CT molecular complexity index is 1280. The lowest BCUT2D eigenvalue weighted by Gasteiger charge is -2.27. The first-order valence-corrected chi connectivity index (χ1v) is 14.5. The van der Waals surface area contributed by atoms with E-state index in [-0.39, 0.29) is 12.0 Å². The molecule has 1 saturated heterocycles. The average molecular weight is 552 g/mol. The quantitative estimate of drug-likeness (QED) is 0.577. The van der Waals surface area contributed by atoms with Gasteiger partial charge in [0.15, 0.2) is 0 Å². The van der Waals surface area contributed by atoms with Crippen LogP contribution in [0.4, 0.5) is 10.5 Å². The van der Waals surface area contributed by atoms with Gasteiger partial charge in [0, 0.05) is 35.6 Å². The number of halogens is 1. The Morgan fingerprint density at radius 1 is 1.19 bits per heavy atom.